The van der Waals surface area contributed by atoms with Gasteiger partial charge in [-0.15, -0.1) is 0 Å². The third-order valence-corrected chi connectivity index (χ3v) is 7.79. The summed E-state index contributed by atoms with van der Waals surface area (Å²) in [6.45, 7) is 8.47. The van der Waals surface area contributed by atoms with Crippen LogP contribution in [-0.4, -0.2) is 32.6 Å². The monoisotopic (exact) mass is 567 g/mol. The molecular weight excluding hydrogens is 526 g/mol. The number of phenolic OH excluding ortho intramolecular Hbond substituents is 4. The summed E-state index contributed by atoms with van der Waals surface area (Å²) in [4.78, 5) is 0. The van der Waals surface area contributed by atoms with E-state index in [1.165, 1.54) is 11.1 Å². The molecule has 6 heteroatoms. The minimum atomic E-state index is -0.655. The normalized spacial score (nSPS) is 15.2. The smallest absolute Gasteiger partial charge is 0.201 e. The topological polar surface area (TPSA) is 127 Å². The Morgan fingerprint density at radius 2 is 1.40 bits per heavy atom. The van der Waals surface area contributed by atoms with Crippen molar-refractivity contribution in [2.24, 2.45) is 0 Å². The van der Waals surface area contributed by atoms with Gasteiger partial charge in [-0.05, 0) is 76.9 Å². The van der Waals surface area contributed by atoms with E-state index in [0.29, 0.717) is 11.3 Å². The minimum absolute atomic E-state index is 0.0852. The number of fused-ring (bicyclic) bond motifs is 3. The molecule has 42 heavy (non-hydrogen) atoms. The van der Waals surface area contributed by atoms with Gasteiger partial charge in [-0.2, -0.15) is 0 Å². The van der Waals surface area contributed by atoms with Gasteiger partial charge >= 0.3 is 0 Å². The summed E-state index contributed by atoms with van der Waals surface area (Å²) in [5.41, 5.74) is 14.2. The Morgan fingerprint density at radius 1 is 0.786 bits per heavy atom. The minimum Gasteiger partial charge on any atom is -0.507 e. The molecule has 1 aliphatic carbocycles. The predicted octanol–water partition coefficient (Wildman–Crippen LogP) is 8.12. The Hall–Kier alpha value is -4.68. The first-order valence-electron chi connectivity index (χ1n) is 14.0. The largest absolute Gasteiger partial charge is 0.507 e. The molecule has 0 spiro atoms. The summed E-state index contributed by atoms with van der Waals surface area (Å²) >= 11 is 0. The highest BCUT2D eigenvalue weighted by Crippen LogP contribution is 2.54. The molecule has 6 nitrogen and oxygen atoms in total. The second-order valence-electron chi connectivity index (χ2n) is 10.2. The van der Waals surface area contributed by atoms with E-state index in [1.807, 2.05) is 43.3 Å². The lowest BCUT2D eigenvalue weighted by Crippen LogP contribution is -2.19. The number of aliphatic hydroxyl groups is 1. The van der Waals surface area contributed by atoms with Crippen LogP contribution in [0.25, 0.3) is 27.8 Å². The van der Waals surface area contributed by atoms with Gasteiger partial charge in [0.1, 0.15) is 5.75 Å². The molecular formula is C36H41NO5. The fraction of sp³-hybridized carbons (Fsp3) is 0.222. The molecule has 220 valence electrons. The van der Waals surface area contributed by atoms with Crippen molar-refractivity contribution in [3.63, 3.8) is 0 Å². The Bertz CT molecular complexity index is 1590. The molecule has 7 N–H and O–H groups in total. The first-order valence-corrected chi connectivity index (χ1v) is 14.0. The summed E-state index contributed by atoms with van der Waals surface area (Å²) in [7, 11) is 1.00. The van der Waals surface area contributed by atoms with Gasteiger partial charge in [-0.25, -0.2) is 0 Å². The first-order chi connectivity index (χ1) is 20.2. The van der Waals surface area contributed by atoms with Crippen molar-refractivity contribution >= 4 is 11.3 Å². The van der Waals surface area contributed by atoms with E-state index < -0.39 is 17.2 Å². The van der Waals surface area contributed by atoms with Crippen LogP contribution in [-0.2, 0) is 5.41 Å². The van der Waals surface area contributed by atoms with Gasteiger partial charge in [-0.3, -0.25) is 0 Å². The van der Waals surface area contributed by atoms with E-state index in [0.717, 1.165) is 48.3 Å². The number of benzene rings is 4. The third kappa shape index (κ3) is 6.14. The number of aromatic hydroxyl groups is 4. The second-order valence-corrected chi connectivity index (χ2v) is 10.2. The zero-order valence-electron chi connectivity index (χ0n) is 24.9. The van der Waals surface area contributed by atoms with Crippen molar-refractivity contribution in [1.82, 2.24) is 0 Å². The molecule has 0 aromatic heterocycles. The van der Waals surface area contributed by atoms with Gasteiger partial charge in [0, 0.05) is 24.3 Å². The molecule has 0 radical (unpaired) electrons. The number of nitrogens with two attached hydrogens (primary N) is 1. The molecule has 0 saturated heterocycles. The van der Waals surface area contributed by atoms with Crippen LogP contribution in [0.1, 0.15) is 57.2 Å². The van der Waals surface area contributed by atoms with Gasteiger partial charge in [-0.1, -0.05) is 87.5 Å². The quantitative estimate of drug-likeness (QED) is 0.0626. The molecule has 0 heterocycles. The highest BCUT2D eigenvalue weighted by atomic mass is 16.3. The molecule has 4 aromatic carbocycles. The average Bonchev–Trinajstić information content (AvgIpc) is 3.25. The fourth-order valence-corrected chi connectivity index (χ4v) is 5.37. The van der Waals surface area contributed by atoms with Gasteiger partial charge in [0.2, 0.25) is 5.75 Å². The van der Waals surface area contributed by atoms with Gasteiger partial charge < -0.3 is 31.3 Å². The van der Waals surface area contributed by atoms with Crippen LogP contribution in [0.4, 0.5) is 5.69 Å². The highest BCUT2D eigenvalue weighted by Gasteiger charge is 2.38. The van der Waals surface area contributed by atoms with Crippen LogP contribution in [0.3, 0.4) is 0 Å². The fourth-order valence-electron chi connectivity index (χ4n) is 5.37. The number of rotatable bonds is 5. The predicted molar refractivity (Wildman–Crippen MR) is 173 cm³/mol. The van der Waals surface area contributed by atoms with E-state index in [1.54, 1.807) is 6.07 Å². The molecule has 5 rings (SSSR count). The van der Waals surface area contributed by atoms with Gasteiger partial charge in [0.15, 0.2) is 11.5 Å². The van der Waals surface area contributed by atoms with Crippen LogP contribution < -0.4 is 5.73 Å². The highest BCUT2D eigenvalue weighted by molar-refractivity contribution is 5.88. The van der Waals surface area contributed by atoms with E-state index >= 15 is 0 Å². The van der Waals surface area contributed by atoms with E-state index in [4.69, 9.17) is 10.8 Å². The number of allylic oxidation sites excluding steroid dienone is 4. The summed E-state index contributed by atoms with van der Waals surface area (Å²) in [5.74, 6) is -2.08. The summed E-state index contributed by atoms with van der Waals surface area (Å²) in [6.07, 6.45) is 8.24. The zero-order chi connectivity index (χ0) is 31.0. The number of aliphatic hydroxyl groups excluding tert-OH is 1. The molecule has 4 aromatic rings. The lowest BCUT2D eigenvalue weighted by molar-refractivity contribution is 0.362. The Balaban J connectivity index is 0.000000272. The van der Waals surface area contributed by atoms with Crippen molar-refractivity contribution in [1.29, 1.82) is 0 Å². The second kappa shape index (κ2) is 13.8. The van der Waals surface area contributed by atoms with Crippen LogP contribution in [0.5, 0.6) is 23.0 Å². The summed E-state index contributed by atoms with van der Waals surface area (Å²) in [6, 6.07) is 23.1. The Kier molecular flexibility index (Phi) is 10.5. The summed E-state index contributed by atoms with van der Waals surface area (Å²) in [5, 5.41) is 47.0. The Morgan fingerprint density at radius 3 is 2.00 bits per heavy atom. The molecule has 1 aliphatic rings. The van der Waals surface area contributed by atoms with Crippen LogP contribution in [0, 0.1) is 0 Å². The van der Waals surface area contributed by atoms with Crippen molar-refractivity contribution < 1.29 is 25.5 Å². The molecule has 0 fully saturated rings. The molecule has 0 bridgehead atoms. The van der Waals surface area contributed by atoms with E-state index in [9.17, 15) is 20.4 Å². The van der Waals surface area contributed by atoms with Crippen LogP contribution in [0.15, 0.2) is 91.0 Å². The standard InChI is InChI=1S/C22H21NO4.C13H16.CH4O/c1-3-22(2)15-8-11(19-17(24)10-18(25)20(26)21(19)27)4-6-13(15)14-7-5-12(23)9-16(14)22;1-3-5-9-12(4-2)13-10-7-6-8-11-13;1-2/h4-10,24-27H,3,23H2,1-2H3;3,5-11H,4H2,1-2H3;2H,1H3/b;5-3-,12-9+;. The van der Waals surface area contributed by atoms with Crippen molar-refractivity contribution in [2.75, 3.05) is 12.8 Å². The molecule has 1 unspecified atom stereocenters. The number of hydrogen-bond donors (Lipinski definition) is 6. The lowest BCUT2D eigenvalue weighted by Gasteiger charge is -2.26. The van der Waals surface area contributed by atoms with Crippen LogP contribution >= 0.6 is 0 Å². The van der Waals surface area contributed by atoms with Crippen LogP contribution in [0.2, 0.25) is 0 Å². The van der Waals surface area contributed by atoms with Crippen molar-refractivity contribution in [3.8, 4) is 45.3 Å². The van der Waals surface area contributed by atoms with Crippen molar-refractivity contribution in [3.05, 3.63) is 108 Å². The maximum Gasteiger partial charge on any atom is 0.201 e. The van der Waals surface area contributed by atoms with Gasteiger partial charge in [0.25, 0.3) is 0 Å². The number of phenols is 4. The van der Waals surface area contributed by atoms with E-state index in [2.05, 4.69) is 63.3 Å². The lowest BCUT2D eigenvalue weighted by atomic mass is 9.77. The molecule has 1 atom stereocenters. The van der Waals surface area contributed by atoms with E-state index in [-0.39, 0.29) is 16.7 Å². The first kappa shape index (κ1) is 31.8. The SMILES string of the molecule is C/C=C\C=C(/CC)c1ccccc1.CCC1(C)c2cc(N)ccc2-c2ccc(-c3c(O)cc(O)c(O)c3O)cc21.CO. The molecule has 0 saturated carbocycles. The Labute approximate surface area is 248 Å². The van der Waals surface area contributed by atoms with Gasteiger partial charge in [0.05, 0.1) is 5.56 Å². The molecule has 0 aliphatic heterocycles. The maximum absolute atomic E-state index is 10.3. The van der Waals surface area contributed by atoms with Crippen molar-refractivity contribution in [2.45, 2.75) is 46.0 Å². The third-order valence-electron chi connectivity index (χ3n) is 7.79. The average molecular weight is 568 g/mol. The summed E-state index contributed by atoms with van der Waals surface area (Å²) < 4.78 is 0. The maximum atomic E-state index is 10.3. The number of hydrogen-bond acceptors (Lipinski definition) is 6. The molecule has 0 amide bonds. The number of anilines is 1. The zero-order valence-corrected chi connectivity index (χ0v) is 24.9. The number of nitrogen functional groups attached to an aromatic ring is 1.